The van der Waals surface area contributed by atoms with Gasteiger partial charge in [-0.1, -0.05) is 6.08 Å². The SMILES string of the molecule is C=CC.CCOC(=O)O.O=S(O)O. The molecule has 3 N–H and O–H groups in total. The number of hydrogen-bond donors (Lipinski definition) is 3. The van der Waals surface area contributed by atoms with E-state index < -0.39 is 17.5 Å². The Labute approximate surface area is 79.3 Å². The third-order valence-corrected chi connectivity index (χ3v) is 0.268. The summed E-state index contributed by atoms with van der Waals surface area (Å²) in [5.41, 5.74) is 0. The van der Waals surface area contributed by atoms with Crippen LogP contribution in [0.1, 0.15) is 13.8 Å². The number of carboxylic acid groups (broad SMARTS) is 1. The monoisotopic (exact) mass is 214 g/mol. The summed E-state index contributed by atoms with van der Waals surface area (Å²) in [6, 6.07) is 0. The van der Waals surface area contributed by atoms with Crippen molar-refractivity contribution in [3.8, 4) is 0 Å². The Morgan fingerprint density at radius 1 is 1.62 bits per heavy atom. The second-order valence-electron chi connectivity index (χ2n) is 1.34. The van der Waals surface area contributed by atoms with Gasteiger partial charge in [0.25, 0.3) is 11.4 Å². The molecule has 7 heteroatoms. The fraction of sp³-hybridized carbons (Fsp3) is 0.500. The molecule has 0 aromatic heterocycles. The maximum Gasteiger partial charge on any atom is 0.505 e. The average molecular weight is 214 g/mol. The Kier molecular flexibility index (Phi) is 23.9. The smallest absolute Gasteiger partial charge is 0.450 e. The molecule has 0 spiro atoms. The summed E-state index contributed by atoms with van der Waals surface area (Å²) in [5.74, 6) is 0. The highest BCUT2D eigenvalue weighted by molar-refractivity contribution is 7.73. The number of hydrogen-bond acceptors (Lipinski definition) is 3. The van der Waals surface area contributed by atoms with Crippen molar-refractivity contribution < 1.29 is 28.0 Å². The van der Waals surface area contributed by atoms with E-state index in [4.69, 9.17) is 18.4 Å². The van der Waals surface area contributed by atoms with E-state index in [1.807, 2.05) is 6.92 Å². The number of allylic oxidation sites excluding steroid dienone is 1. The normalized spacial score (nSPS) is 7.15. The van der Waals surface area contributed by atoms with Crippen molar-refractivity contribution in [3.05, 3.63) is 12.7 Å². The first kappa shape index (κ1) is 18.0. The Morgan fingerprint density at radius 3 is 1.85 bits per heavy atom. The molecule has 80 valence electrons. The van der Waals surface area contributed by atoms with E-state index in [1.165, 1.54) is 0 Å². The Balaban J connectivity index is -0.000000125. The number of carbonyl (C=O) groups is 1. The quantitative estimate of drug-likeness (QED) is 0.347. The first-order valence-corrected chi connectivity index (χ1v) is 4.21. The minimum atomic E-state index is -2.61. The summed E-state index contributed by atoms with van der Waals surface area (Å²) < 4.78 is 26.8. The van der Waals surface area contributed by atoms with Gasteiger partial charge in [0, 0.05) is 0 Å². The van der Waals surface area contributed by atoms with E-state index in [1.54, 1.807) is 13.0 Å². The van der Waals surface area contributed by atoms with Gasteiger partial charge < -0.3 is 9.84 Å². The molecule has 0 rings (SSSR count). The van der Waals surface area contributed by atoms with Gasteiger partial charge in [-0.2, -0.15) is 4.21 Å². The lowest BCUT2D eigenvalue weighted by atomic mass is 10.8. The van der Waals surface area contributed by atoms with Crippen LogP contribution in [-0.2, 0) is 16.1 Å². The molecular formula is C6H14O6S. The van der Waals surface area contributed by atoms with E-state index in [2.05, 4.69) is 11.3 Å². The molecule has 0 aromatic carbocycles. The predicted molar refractivity (Wildman–Crippen MR) is 48.9 cm³/mol. The summed E-state index contributed by atoms with van der Waals surface area (Å²) in [6.45, 7) is 7.10. The van der Waals surface area contributed by atoms with Gasteiger partial charge in [0.05, 0.1) is 6.61 Å². The van der Waals surface area contributed by atoms with Crippen LogP contribution in [0.2, 0.25) is 0 Å². The molecule has 0 aliphatic carbocycles. The summed E-state index contributed by atoms with van der Waals surface area (Å²) in [4.78, 5) is 9.38. The molecule has 0 aliphatic heterocycles. The third-order valence-electron chi connectivity index (χ3n) is 0.268. The van der Waals surface area contributed by atoms with Crippen LogP contribution < -0.4 is 0 Å². The Bertz CT molecular complexity index is 142. The van der Waals surface area contributed by atoms with Gasteiger partial charge >= 0.3 is 6.16 Å². The Hall–Kier alpha value is -0.920. The summed E-state index contributed by atoms with van der Waals surface area (Å²) in [7, 11) is 0. The molecule has 13 heavy (non-hydrogen) atoms. The van der Waals surface area contributed by atoms with E-state index >= 15 is 0 Å². The molecule has 0 aliphatic rings. The molecule has 0 bridgehead atoms. The molecule has 0 fully saturated rings. The summed E-state index contributed by atoms with van der Waals surface area (Å²) in [6.07, 6.45) is 0.539. The van der Waals surface area contributed by atoms with E-state index in [9.17, 15) is 4.79 Å². The van der Waals surface area contributed by atoms with E-state index in [-0.39, 0.29) is 6.61 Å². The van der Waals surface area contributed by atoms with Gasteiger partial charge in [0.2, 0.25) is 0 Å². The van der Waals surface area contributed by atoms with Crippen LogP contribution in [0.25, 0.3) is 0 Å². The highest BCUT2D eigenvalue weighted by Gasteiger charge is 1.86. The van der Waals surface area contributed by atoms with Gasteiger partial charge in [-0.15, -0.1) is 6.58 Å². The zero-order valence-electron chi connectivity index (χ0n) is 7.47. The fourth-order valence-corrected chi connectivity index (χ4v) is 0.123. The van der Waals surface area contributed by atoms with Crippen molar-refractivity contribution in [3.63, 3.8) is 0 Å². The molecule has 0 atom stereocenters. The summed E-state index contributed by atoms with van der Waals surface area (Å²) in [5, 5.41) is 7.69. The zero-order chi connectivity index (χ0) is 11.3. The van der Waals surface area contributed by atoms with Gasteiger partial charge in [-0.3, -0.25) is 9.11 Å². The van der Waals surface area contributed by atoms with Crippen LogP contribution >= 0.6 is 0 Å². The standard InChI is InChI=1S/C3H6O3.C3H6.H2O3S/c1-2-6-3(4)5;1-3-2;1-4(2)3/h2H2,1H3,(H,4,5);3H,1H2,2H3;(H2,1,2,3). The van der Waals surface area contributed by atoms with Crippen LogP contribution in [0.4, 0.5) is 4.79 Å². The zero-order valence-corrected chi connectivity index (χ0v) is 8.28. The van der Waals surface area contributed by atoms with Gasteiger partial charge in [-0.05, 0) is 13.8 Å². The lowest BCUT2D eigenvalue weighted by molar-refractivity contribution is 0.0966. The molecule has 0 amide bonds. The summed E-state index contributed by atoms with van der Waals surface area (Å²) >= 11 is -2.61. The molecule has 6 nitrogen and oxygen atoms in total. The van der Waals surface area contributed by atoms with Crippen molar-refractivity contribution in [1.29, 1.82) is 0 Å². The van der Waals surface area contributed by atoms with Crippen molar-refractivity contribution in [2.45, 2.75) is 13.8 Å². The lowest BCUT2D eigenvalue weighted by Crippen LogP contribution is -1.97. The van der Waals surface area contributed by atoms with Crippen LogP contribution in [0.15, 0.2) is 12.7 Å². The minimum absolute atomic E-state index is 0.231. The van der Waals surface area contributed by atoms with Gasteiger partial charge in [-0.25, -0.2) is 4.79 Å². The van der Waals surface area contributed by atoms with Gasteiger partial charge in [0.15, 0.2) is 0 Å². The largest absolute Gasteiger partial charge is 0.505 e. The number of ether oxygens (including phenoxy) is 1. The predicted octanol–water partition coefficient (Wildman–Crippen LogP) is 1.57. The molecule has 0 radical (unpaired) electrons. The lowest BCUT2D eigenvalue weighted by Gasteiger charge is -1.87. The van der Waals surface area contributed by atoms with Crippen molar-refractivity contribution in [2.75, 3.05) is 6.61 Å². The third kappa shape index (κ3) is 211. The van der Waals surface area contributed by atoms with Crippen molar-refractivity contribution in [1.82, 2.24) is 0 Å². The average Bonchev–Trinajstić information content (AvgIpc) is 1.86. The molecule has 0 aromatic rings. The van der Waals surface area contributed by atoms with Gasteiger partial charge in [0.1, 0.15) is 0 Å². The molecule has 0 saturated carbocycles. The fourth-order valence-electron chi connectivity index (χ4n) is 0.123. The molecule has 0 heterocycles. The second kappa shape index (κ2) is 17.2. The van der Waals surface area contributed by atoms with Crippen molar-refractivity contribution >= 4 is 17.5 Å². The minimum Gasteiger partial charge on any atom is -0.450 e. The highest BCUT2D eigenvalue weighted by Crippen LogP contribution is 1.69. The van der Waals surface area contributed by atoms with Crippen LogP contribution in [0.5, 0.6) is 0 Å². The van der Waals surface area contributed by atoms with E-state index in [0.717, 1.165) is 0 Å². The molecule has 0 unspecified atom stereocenters. The first-order chi connectivity index (χ1) is 5.92. The second-order valence-corrected chi connectivity index (χ2v) is 1.80. The topological polar surface area (TPSA) is 104 Å². The highest BCUT2D eigenvalue weighted by atomic mass is 32.2. The van der Waals surface area contributed by atoms with Crippen LogP contribution in [0, 0.1) is 0 Å². The van der Waals surface area contributed by atoms with Crippen LogP contribution in [-0.4, -0.2) is 31.2 Å². The Morgan fingerprint density at radius 2 is 1.85 bits per heavy atom. The first-order valence-electron chi connectivity index (χ1n) is 3.15. The molecular weight excluding hydrogens is 200 g/mol. The van der Waals surface area contributed by atoms with Crippen molar-refractivity contribution in [2.24, 2.45) is 0 Å². The molecule has 0 saturated heterocycles. The number of rotatable bonds is 1. The van der Waals surface area contributed by atoms with Crippen LogP contribution in [0.3, 0.4) is 0 Å². The maximum absolute atomic E-state index is 9.38. The maximum atomic E-state index is 9.38. The van der Waals surface area contributed by atoms with E-state index in [0.29, 0.717) is 0 Å².